The summed E-state index contributed by atoms with van der Waals surface area (Å²) in [6.07, 6.45) is 5.16. The standard InChI is InChI=1S/C17H25N2O2PS/c20-17(16-8-2-1-3-9-16)23-15-14-21-22(18-10-4-5-11-18)19-12-6-7-13-19/h1-3,8-9H,4-7,10-15H2. The van der Waals surface area contributed by atoms with E-state index in [-0.39, 0.29) is 5.12 Å². The first-order chi connectivity index (χ1) is 11.3. The minimum Gasteiger partial charge on any atom is -0.330 e. The highest BCUT2D eigenvalue weighted by atomic mass is 32.2. The number of nitrogens with zero attached hydrogens (tertiary/aromatic N) is 2. The van der Waals surface area contributed by atoms with Gasteiger partial charge >= 0.3 is 0 Å². The maximum Gasteiger partial charge on any atom is 0.219 e. The maximum absolute atomic E-state index is 12.1. The van der Waals surface area contributed by atoms with Crippen molar-refractivity contribution in [1.82, 2.24) is 9.34 Å². The van der Waals surface area contributed by atoms with Crippen molar-refractivity contribution in [2.75, 3.05) is 38.5 Å². The summed E-state index contributed by atoms with van der Waals surface area (Å²) in [5.41, 5.74) is 0.777. The van der Waals surface area contributed by atoms with Crippen LogP contribution in [0.4, 0.5) is 0 Å². The first-order valence-electron chi connectivity index (χ1n) is 8.49. The molecule has 0 bridgehead atoms. The normalized spacial score (nSPS) is 19.7. The summed E-state index contributed by atoms with van der Waals surface area (Å²) in [4.78, 5) is 12.1. The average Bonchev–Trinajstić information content (AvgIpc) is 3.29. The molecule has 0 aliphatic carbocycles. The first-order valence-corrected chi connectivity index (χ1v) is 10.6. The number of hydrogen-bond donors (Lipinski definition) is 0. The molecule has 2 saturated heterocycles. The second-order valence-corrected chi connectivity index (χ2v) is 8.87. The van der Waals surface area contributed by atoms with Crippen LogP contribution < -0.4 is 0 Å². The Hall–Kier alpha value is -0.450. The van der Waals surface area contributed by atoms with Crippen molar-refractivity contribution in [3.8, 4) is 0 Å². The number of benzene rings is 1. The molecule has 0 spiro atoms. The van der Waals surface area contributed by atoms with E-state index in [0.717, 1.165) is 37.5 Å². The van der Waals surface area contributed by atoms with Gasteiger partial charge in [0.25, 0.3) is 0 Å². The predicted octanol–water partition coefficient (Wildman–Crippen LogP) is 4.00. The van der Waals surface area contributed by atoms with E-state index in [0.29, 0.717) is 6.61 Å². The van der Waals surface area contributed by atoms with Crippen LogP contribution in [-0.2, 0) is 4.52 Å². The zero-order chi connectivity index (χ0) is 15.9. The lowest BCUT2D eigenvalue weighted by Crippen LogP contribution is -2.26. The van der Waals surface area contributed by atoms with Crippen LogP contribution in [0.15, 0.2) is 30.3 Å². The minimum atomic E-state index is -0.606. The summed E-state index contributed by atoms with van der Waals surface area (Å²) in [5.74, 6) is 0.730. The van der Waals surface area contributed by atoms with Crippen molar-refractivity contribution >= 4 is 25.3 Å². The second kappa shape index (κ2) is 9.14. The Bertz CT molecular complexity index is 475. The smallest absolute Gasteiger partial charge is 0.219 e. The van der Waals surface area contributed by atoms with Crippen LogP contribution in [0.2, 0.25) is 0 Å². The summed E-state index contributed by atoms with van der Waals surface area (Å²) in [6, 6.07) is 9.49. The maximum atomic E-state index is 12.1. The van der Waals surface area contributed by atoms with Gasteiger partial charge in [-0.15, -0.1) is 0 Å². The van der Waals surface area contributed by atoms with Crippen molar-refractivity contribution in [3.05, 3.63) is 35.9 Å². The molecule has 2 aliphatic rings. The topological polar surface area (TPSA) is 32.8 Å². The van der Waals surface area contributed by atoms with Crippen LogP contribution in [0, 0.1) is 0 Å². The van der Waals surface area contributed by atoms with Crippen molar-refractivity contribution in [2.24, 2.45) is 0 Å². The van der Waals surface area contributed by atoms with Gasteiger partial charge in [-0.25, -0.2) is 9.34 Å². The molecule has 0 saturated carbocycles. The van der Waals surface area contributed by atoms with E-state index < -0.39 is 8.45 Å². The number of carbonyl (C=O) groups is 1. The highest BCUT2D eigenvalue weighted by Gasteiger charge is 2.30. The molecular weight excluding hydrogens is 327 g/mol. The molecular formula is C17H25N2O2PS. The fourth-order valence-corrected chi connectivity index (χ4v) is 5.96. The lowest BCUT2D eigenvalue weighted by atomic mass is 10.2. The third kappa shape index (κ3) is 5.01. The summed E-state index contributed by atoms with van der Waals surface area (Å²) < 4.78 is 11.3. The van der Waals surface area contributed by atoms with Crippen LogP contribution in [-0.4, -0.2) is 53.0 Å². The van der Waals surface area contributed by atoms with E-state index in [4.69, 9.17) is 4.52 Å². The van der Waals surface area contributed by atoms with Gasteiger partial charge in [-0.2, -0.15) is 0 Å². The highest BCUT2D eigenvalue weighted by molar-refractivity contribution is 8.14. The molecule has 2 heterocycles. The molecule has 2 fully saturated rings. The number of thioether (sulfide) groups is 1. The van der Waals surface area contributed by atoms with E-state index in [9.17, 15) is 4.79 Å². The Kier molecular flexibility index (Phi) is 6.91. The van der Waals surface area contributed by atoms with Crippen molar-refractivity contribution in [2.45, 2.75) is 25.7 Å². The Labute approximate surface area is 144 Å². The van der Waals surface area contributed by atoms with Gasteiger partial charge in [0.2, 0.25) is 5.12 Å². The lowest BCUT2D eigenvalue weighted by molar-refractivity contribution is 0.108. The van der Waals surface area contributed by atoms with E-state index in [1.165, 1.54) is 37.4 Å². The molecule has 3 rings (SSSR count). The molecule has 0 atom stereocenters. The van der Waals surface area contributed by atoms with Gasteiger partial charge in [-0.05, 0) is 25.7 Å². The van der Waals surface area contributed by atoms with E-state index >= 15 is 0 Å². The molecule has 0 unspecified atom stereocenters. The SMILES string of the molecule is O=C(SCCOP(N1CCCC1)N1CCCC1)c1ccccc1. The van der Waals surface area contributed by atoms with Crippen LogP contribution >= 0.6 is 20.2 Å². The van der Waals surface area contributed by atoms with E-state index in [1.54, 1.807) is 0 Å². The molecule has 126 valence electrons. The fourth-order valence-electron chi connectivity index (χ4n) is 3.00. The Morgan fingerprint density at radius 3 is 2.13 bits per heavy atom. The molecule has 6 heteroatoms. The van der Waals surface area contributed by atoms with Crippen LogP contribution in [0.5, 0.6) is 0 Å². The van der Waals surface area contributed by atoms with Crippen LogP contribution in [0.1, 0.15) is 36.0 Å². The van der Waals surface area contributed by atoms with Gasteiger partial charge in [0.05, 0.1) is 6.61 Å². The third-order valence-corrected chi connectivity index (χ3v) is 7.23. The average molecular weight is 352 g/mol. The fraction of sp³-hybridized carbons (Fsp3) is 0.588. The van der Waals surface area contributed by atoms with Gasteiger partial charge in [-0.3, -0.25) is 4.79 Å². The molecule has 0 N–H and O–H groups in total. The summed E-state index contributed by atoms with van der Waals surface area (Å²) in [5, 5.41) is 0.140. The Morgan fingerprint density at radius 2 is 1.57 bits per heavy atom. The van der Waals surface area contributed by atoms with Gasteiger partial charge in [0.1, 0.15) is 0 Å². The van der Waals surface area contributed by atoms with Gasteiger partial charge < -0.3 is 4.52 Å². The van der Waals surface area contributed by atoms with Crippen molar-refractivity contribution in [3.63, 3.8) is 0 Å². The number of carbonyl (C=O) groups excluding carboxylic acids is 1. The molecule has 23 heavy (non-hydrogen) atoms. The van der Waals surface area contributed by atoms with Gasteiger partial charge in [0, 0.05) is 37.5 Å². The van der Waals surface area contributed by atoms with Crippen LogP contribution in [0.25, 0.3) is 0 Å². The number of hydrogen-bond acceptors (Lipinski definition) is 5. The molecule has 2 aliphatic heterocycles. The molecule has 0 aromatic heterocycles. The summed E-state index contributed by atoms with van der Waals surface area (Å²) in [7, 11) is -0.606. The Balaban J connectivity index is 1.44. The van der Waals surface area contributed by atoms with Crippen LogP contribution in [0.3, 0.4) is 0 Å². The second-order valence-electron chi connectivity index (χ2n) is 5.91. The minimum absolute atomic E-state index is 0.140. The number of rotatable bonds is 7. The molecule has 0 amide bonds. The predicted molar refractivity (Wildman–Crippen MR) is 97.7 cm³/mol. The first kappa shape index (κ1) is 17.4. The van der Waals surface area contributed by atoms with Gasteiger partial charge in [0.15, 0.2) is 8.45 Å². The third-order valence-electron chi connectivity index (χ3n) is 4.18. The Morgan fingerprint density at radius 1 is 1.00 bits per heavy atom. The molecule has 0 radical (unpaired) electrons. The van der Waals surface area contributed by atoms with E-state index in [2.05, 4.69) is 9.34 Å². The molecule has 4 nitrogen and oxygen atoms in total. The zero-order valence-corrected chi connectivity index (χ0v) is 15.2. The molecule has 1 aromatic carbocycles. The summed E-state index contributed by atoms with van der Waals surface area (Å²) >= 11 is 1.37. The largest absolute Gasteiger partial charge is 0.330 e. The molecule has 1 aromatic rings. The van der Waals surface area contributed by atoms with Crippen molar-refractivity contribution < 1.29 is 9.32 Å². The monoisotopic (exact) mass is 352 g/mol. The zero-order valence-electron chi connectivity index (χ0n) is 13.5. The highest BCUT2D eigenvalue weighted by Crippen LogP contribution is 2.49. The van der Waals surface area contributed by atoms with E-state index in [1.807, 2.05) is 30.3 Å². The van der Waals surface area contributed by atoms with Gasteiger partial charge in [-0.1, -0.05) is 42.1 Å². The van der Waals surface area contributed by atoms with Crippen molar-refractivity contribution in [1.29, 1.82) is 0 Å². The summed E-state index contributed by atoms with van der Waals surface area (Å²) in [6.45, 7) is 5.31. The lowest BCUT2D eigenvalue weighted by Gasteiger charge is -2.33. The quantitative estimate of drug-likeness (QED) is 0.547.